The van der Waals surface area contributed by atoms with E-state index >= 15 is 0 Å². The van der Waals surface area contributed by atoms with Crippen LogP contribution in [0.3, 0.4) is 0 Å². The molecule has 58 heavy (non-hydrogen) atoms. The fraction of sp³-hybridized carbons (Fsp3) is 0.841. The van der Waals surface area contributed by atoms with Crippen LogP contribution < -0.4 is 11.3 Å². The summed E-state index contributed by atoms with van der Waals surface area (Å²) in [6, 6.07) is 0. The maximum Gasteiger partial charge on any atom is 0.215 e. The molecule has 7 aliphatic rings. The van der Waals surface area contributed by atoms with Gasteiger partial charge in [0.2, 0.25) is 5.79 Å². The number of aliphatic hydroxyl groups is 4. The molecular weight excluding hydrogens is 750 g/mol. The van der Waals surface area contributed by atoms with E-state index in [1.165, 1.54) is 6.92 Å². The van der Waals surface area contributed by atoms with Crippen LogP contribution >= 0.6 is 0 Å². The Balaban J connectivity index is 0.00000567. The number of rotatable bonds is 10. The highest BCUT2D eigenvalue weighted by atomic mass is 16.7. The smallest absolute Gasteiger partial charge is 0.215 e. The first kappa shape index (κ1) is 45.7. The van der Waals surface area contributed by atoms with Gasteiger partial charge in [0.1, 0.15) is 30.0 Å². The van der Waals surface area contributed by atoms with Crippen LogP contribution in [0.25, 0.3) is 0 Å². The van der Waals surface area contributed by atoms with Gasteiger partial charge in [0.25, 0.3) is 0 Å². The van der Waals surface area contributed by atoms with E-state index < -0.39 is 71.7 Å². The number of carbonyl (C=O) groups is 1. The molecule has 0 aromatic heterocycles. The Bertz CT molecular complexity index is 1510. The van der Waals surface area contributed by atoms with Gasteiger partial charge in [-0.25, -0.2) is 0 Å². The van der Waals surface area contributed by atoms with Gasteiger partial charge < -0.3 is 69.6 Å². The van der Waals surface area contributed by atoms with Crippen molar-refractivity contribution in [2.45, 2.75) is 209 Å². The predicted octanol–water partition coefficient (Wildman–Crippen LogP) is 4.26. The lowest BCUT2D eigenvalue weighted by atomic mass is 9.79. The van der Waals surface area contributed by atoms with Gasteiger partial charge in [0.15, 0.2) is 11.6 Å². The Kier molecular flexibility index (Phi) is 14.1. The van der Waals surface area contributed by atoms with E-state index in [0.717, 1.165) is 50.7 Å². The predicted molar refractivity (Wildman–Crippen MR) is 211 cm³/mol. The summed E-state index contributed by atoms with van der Waals surface area (Å²) in [5.74, 6) is -4.11. The van der Waals surface area contributed by atoms with Crippen LogP contribution in [0, 0.1) is 17.8 Å². The number of carbonyl (C=O) groups excluding carboxylic acids is 1. The van der Waals surface area contributed by atoms with Crippen LogP contribution in [0.5, 0.6) is 0 Å². The van der Waals surface area contributed by atoms with Crippen molar-refractivity contribution in [2.75, 3.05) is 6.61 Å². The third-order valence-electron chi connectivity index (χ3n) is 14.0. The van der Waals surface area contributed by atoms with Crippen LogP contribution in [-0.2, 0) is 38.0 Å². The van der Waals surface area contributed by atoms with Crippen LogP contribution in [0.4, 0.5) is 0 Å². The number of hydrogen-bond acceptors (Lipinski definition) is 13. The summed E-state index contributed by atoms with van der Waals surface area (Å²) in [5.41, 5.74) is -0.677. The zero-order valence-electron chi connectivity index (χ0n) is 35.5. The van der Waals surface area contributed by atoms with Crippen molar-refractivity contribution < 1.29 is 63.5 Å². The lowest BCUT2D eigenvalue weighted by molar-refractivity contribution is -0.336. The number of carboxylic acids is 1. The monoisotopic (exact) mass is 821 g/mol. The van der Waals surface area contributed by atoms with Gasteiger partial charge in [-0.15, -0.1) is 0 Å². The minimum absolute atomic E-state index is 0. The molecule has 3 spiro atoms. The molecule has 7 heterocycles. The van der Waals surface area contributed by atoms with Gasteiger partial charge in [-0.2, -0.15) is 0 Å². The summed E-state index contributed by atoms with van der Waals surface area (Å²) >= 11 is 0. The molecule has 0 amide bonds. The molecule has 6 saturated heterocycles. The highest BCUT2D eigenvalue weighted by Crippen LogP contribution is 2.47. The van der Waals surface area contributed by atoms with Crippen molar-refractivity contribution >= 4 is 5.97 Å². The highest BCUT2D eigenvalue weighted by Gasteiger charge is 2.55. The number of aliphatic carboxylic acids is 1. The van der Waals surface area contributed by atoms with Crippen LogP contribution in [0.15, 0.2) is 36.0 Å². The standard InChI is InChI=1S/C44H68O13.H3N/c1-25-21-34(55-44(23-25)35(46)12-11-31(54-44)24-41(6,50)40(48)49)26(2)9-10-30-14-18-43(53-30)19-15-33-39(57-43)36(47)29(5)38(52-33)32(45)22-28(4)37-27(3)13-17-42(56-37)16-7-8-20-51-42;/h9-10,23,26-28,30-39,45-47,50H,5,7-8,11-22,24H2,1-4,6H3,(H,48,49);1H3/t26-,27-,28+,30+,31+,32+,33-,34-,35-,36-,37+,38+,39-,41-,42+,43+,44-;/m1./s1. The van der Waals surface area contributed by atoms with E-state index in [9.17, 15) is 30.3 Å². The van der Waals surface area contributed by atoms with Gasteiger partial charge in [-0.3, -0.25) is 0 Å². The number of ether oxygens (including phenoxy) is 7. The van der Waals surface area contributed by atoms with E-state index in [1.807, 2.05) is 26.0 Å². The molecule has 6 fully saturated rings. The quantitative estimate of drug-likeness (QED) is 0.195. The molecule has 7 aliphatic heterocycles. The minimum Gasteiger partial charge on any atom is -0.547 e. The third kappa shape index (κ3) is 9.48. The zero-order chi connectivity index (χ0) is 40.9. The first-order chi connectivity index (χ1) is 26.9. The Labute approximate surface area is 343 Å². The van der Waals surface area contributed by atoms with E-state index in [1.54, 1.807) is 6.08 Å². The summed E-state index contributed by atoms with van der Waals surface area (Å²) < 4.78 is 45.2. The van der Waals surface area contributed by atoms with Gasteiger partial charge >= 0.3 is 0 Å². The molecule has 0 unspecified atom stereocenters. The average molecular weight is 822 g/mol. The lowest BCUT2D eigenvalue weighted by Gasteiger charge is -2.50. The number of aliphatic hydroxyl groups excluding tert-OH is 3. The fourth-order valence-corrected chi connectivity index (χ4v) is 10.5. The number of fused-ring (bicyclic) bond motifs is 1. The van der Waals surface area contributed by atoms with Crippen molar-refractivity contribution in [2.24, 2.45) is 17.8 Å². The van der Waals surface area contributed by atoms with Crippen LogP contribution in [0.2, 0.25) is 0 Å². The fourth-order valence-electron chi connectivity index (χ4n) is 10.5. The van der Waals surface area contributed by atoms with E-state index in [2.05, 4.69) is 20.4 Å². The summed E-state index contributed by atoms with van der Waals surface area (Å²) in [5, 5.41) is 56.0. The van der Waals surface area contributed by atoms with Crippen molar-refractivity contribution in [1.29, 1.82) is 0 Å². The molecule has 14 heteroatoms. The Morgan fingerprint density at radius 2 is 1.76 bits per heavy atom. The first-order valence-corrected chi connectivity index (χ1v) is 21.6. The molecule has 0 aromatic rings. The van der Waals surface area contributed by atoms with E-state index in [4.69, 9.17) is 33.2 Å². The largest absolute Gasteiger partial charge is 0.547 e. The summed E-state index contributed by atoms with van der Waals surface area (Å²) in [4.78, 5) is 11.5. The summed E-state index contributed by atoms with van der Waals surface area (Å²) in [6.45, 7) is 14.4. The lowest BCUT2D eigenvalue weighted by Crippen LogP contribution is -2.60. The molecule has 17 atom stereocenters. The summed E-state index contributed by atoms with van der Waals surface area (Å²) in [6.07, 6.45) is 9.10. The average Bonchev–Trinajstić information content (AvgIpc) is 3.56. The van der Waals surface area contributed by atoms with Gasteiger partial charge in [-0.05, 0) is 95.1 Å². The topological polar surface area (TPSA) is 222 Å². The van der Waals surface area contributed by atoms with E-state index in [0.29, 0.717) is 56.4 Å². The molecule has 14 nitrogen and oxygen atoms in total. The van der Waals surface area contributed by atoms with Crippen molar-refractivity contribution in [1.82, 2.24) is 6.15 Å². The molecule has 0 radical (unpaired) electrons. The molecule has 8 N–H and O–H groups in total. The molecule has 330 valence electrons. The Hall–Kier alpha value is -1.79. The van der Waals surface area contributed by atoms with Crippen LogP contribution in [-0.4, -0.2) is 117 Å². The van der Waals surface area contributed by atoms with Gasteiger partial charge in [-0.1, -0.05) is 45.1 Å². The van der Waals surface area contributed by atoms with Gasteiger partial charge in [0, 0.05) is 38.0 Å². The normalized spacial score (nSPS) is 44.6. The minimum atomic E-state index is -2.07. The SMILES string of the molecule is C=C1[C@@H](O)[C@@H]2O[C@@]3(CC[C@H](C=C[C@@H](C)[C@H]4CC(C)=C[C@@]5(O[C@H](C[C@@](C)(O)C(=O)[O-])CC[C@H]5O)O4)O3)CC[C@H]2O[C@@H]1[C@@H](O)C[C@H](C)[C@H]1O[C@@]2(CCCCO2)CC[C@H]1C.[NH4+]. The van der Waals surface area contributed by atoms with Crippen molar-refractivity contribution in [3.8, 4) is 0 Å². The Morgan fingerprint density at radius 3 is 2.48 bits per heavy atom. The molecule has 7 rings (SSSR count). The molecule has 0 aromatic carbocycles. The van der Waals surface area contributed by atoms with Gasteiger partial charge in [0.05, 0.1) is 49.2 Å². The molecule has 0 aliphatic carbocycles. The molecular formula is C44H71NO13. The number of carboxylic acid groups (broad SMARTS) is 1. The second kappa shape index (κ2) is 17.9. The Morgan fingerprint density at radius 1 is 1.02 bits per heavy atom. The maximum absolute atomic E-state index is 11.5. The third-order valence-corrected chi connectivity index (χ3v) is 14.0. The second-order valence-electron chi connectivity index (χ2n) is 18.9. The maximum atomic E-state index is 11.5. The second-order valence-corrected chi connectivity index (χ2v) is 18.9. The van der Waals surface area contributed by atoms with E-state index in [-0.39, 0.29) is 42.7 Å². The first-order valence-electron chi connectivity index (χ1n) is 21.6. The summed E-state index contributed by atoms with van der Waals surface area (Å²) in [7, 11) is 0. The van der Waals surface area contributed by atoms with Crippen LogP contribution in [0.1, 0.15) is 125 Å². The van der Waals surface area contributed by atoms with Crippen molar-refractivity contribution in [3.05, 3.63) is 36.0 Å². The zero-order valence-corrected chi connectivity index (χ0v) is 35.5. The molecule has 0 bridgehead atoms. The number of quaternary nitrogens is 1. The molecule has 0 saturated carbocycles. The number of hydrogen-bond donors (Lipinski definition) is 5. The van der Waals surface area contributed by atoms with Crippen molar-refractivity contribution in [3.63, 3.8) is 0 Å². The highest BCUT2D eigenvalue weighted by molar-refractivity contribution is 5.74.